The first-order valence-corrected chi connectivity index (χ1v) is 9.56. The Bertz CT molecular complexity index is 576. The van der Waals surface area contributed by atoms with Gasteiger partial charge in [0.15, 0.2) is 0 Å². The fourth-order valence-electron chi connectivity index (χ4n) is 1.64. The maximum atomic E-state index is 12.1. The van der Waals surface area contributed by atoms with Crippen LogP contribution in [0.3, 0.4) is 0 Å². The van der Waals surface area contributed by atoms with Crippen LogP contribution in [0.5, 0.6) is 0 Å². The van der Waals surface area contributed by atoms with Crippen LogP contribution < -0.4 is 4.72 Å². The standard InChI is InChI=1S/C14H23NO4S2/c1-5-11-9-12(14(16)19-6-2)13(20-11)15-21(17,18)8-7-10(3)4/h9-10,15H,5-8H2,1-4H3. The van der Waals surface area contributed by atoms with Crippen molar-refractivity contribution in [2.75, 3.05) is 17.1 Å². The van der Waals surface area contributed by atoms with Gasteiger partial charge in [-0.3, -0.25) is 4.72 Å². The molecule has 0 atom stereocenters. The Kier molecular flexibility index (Phi) is 6.67. The second kappa shape index (κ2) is 7.79. The molecule has 0 aliphatic carbocycles. The molecule has 0 aliphatic rings. The van der Waals surface area contributed by atoms with E-state index in [2.05, 4.69) is 4.72 Å². The smallest absolute Gasteiger partial charge is 0.341 e. The van der Waals surface area contributed by atoms with Gasteiger partial charge in [0.2, 0.25) is 10.0 Å². The Labute approximate surface area is 130 Å². The maximum absolute atomic E-state index is 12.1. The first-order valence-electron chi connectivity index (χ1n) is 7.09. The van der Waals surface area contributed by atoms with Crippen LogP contribution in [-0.4, -0.2) is 26.7 Å². The predicted molar refractivity (Wildman–Crippen MR) is 86.5 cm³/mol. The van der Waals surface area contributed by atoms with Crippen LogP contribution in [0.15, 0.2) is 6.07 Å². The van der Waals surface area contributed by atoms with Crippen LogP contribution in [0.1, 0.15) is 49.4 Å². The summed E-state index contributed by atoms with van der Waals surface area (Å²) < 4.78 is 31.7. The fraction of sp³-hybridized carbons (Fsp3) is 0.643. The highest BCUT2D eigenvalue weighted by atomic mass is 32.2. The summed E-state index contributed by atoms with van der Waals surface area (Å²) in [5.41, 5.74) is 0.298. The first-order chi connectivity index (χ1) is 9.79. The highest BCUT2D eigenvalue weighted by molar-refractivity contribution is 7.92. The summed E-state index contributed by atoms with van der Waals surface area (Å²) in [4.78, 5) is 12.8. The number of hydrogen-bond acceptors (Lipinski definition) is 5. The molecule has 1 rings (SSSR count). The van der Waals surface area contributed by atoms with Crippen LogP contribution in [0.2, 0.25) is 0 Å². The topological polar surface area (TPSA) is 72.5 Å². The van der Waals surface area contributed by atoms with Crippen LogP contribution >= 0.6 is 11.3 Å². The number of esters is 1. The summed E-state index contributed by atoms with van der Waals surface area (Å²) in [5.74, 6) is -0.137. The summed E-state index contributed by atoms with van der Waals surface area (Å²) >= 11 is 1.28. The van der Waals surface area contributed by atoms with Crippen molar-refractivity contribution in [1.82, 2.24) is 0 Å². The molecule has 0 saturated heterocycles. The molecule has 0 bridgehead atoms. The molecule has 1 N–H and O–H groups in total. The summed E-state index contributed by atoms with van der Waals surface area (Å²) in [6.45, 7) is 7.88. The average molecular weight is 333 g/mol. The van der Waals surface area contributed by atoms with Gasteiger partial charge < -0.3 is 4.74 Å². The highest BCUT2D eigenvalue weighted by Crippen LogP contribution is 2.30. The molecule has 0 aromatic carbocycles. The van der Waals surface area contributed by atoms with Gasteiger partial charge in [-0.25, -0.2) is 13.2 Å². The van der Waals surface area contributed by atoms with E-state index in [-0.39, 0.29) is 12.4 Å². The quantitative estimate of drug-likeness (QED) is 0.741. The normalized spacial score (nSPS) is 11.7. The fourth-order valence-corrected chi connectivity index (χ4v) is 4.29. The van der Waals surface area contributed by atoms with Crippen molar-refractivity contribution in [1.29, 1.82) is 0 Å². The Morgan fingerprint density at radius 2 is 2.05 bits per heavy atom. The van der Waals surface area contributed by atoms with Crippen LogP contribution in [-0.2, 0) is 21.2 Å². The molecule has 5 nitrogen and oxygen atoms in total. The van der Waals surface area contributed by atoms with E-state index < -0.39 is 16.0 Å². The molecule has 1 heterocycles. The third kappa shape index (κ3) is 5.67. The van der Waals surface area contributed by atoms with Crippen molar-refractivity contribution in [2.45, 2.75) is 40.5 Å². The molecule has 7 heteroatoms. The number of hydrogen-bond donors (Lipinski definition) is 1. The number of carbonyl (C=O) groups is 1. The average Bonchev–Trinajstić information content (AvgIpc) is 2.79. The number of rotatable bonds is 8. The lowest BCUT2D eigenvalue weighted by atomic mass is 10.2. The van der Waals surface area contributed by atoms with Gasteiger partial charge in [-0.15, -0.1) is 11.3 Å². The third-order valence-corrected chi connectivity index (χ3v) is 5.45. The molecule has 0 fully saturated rings. The third-order valence-electron chi connectivity index (χ3n) is 2.84. The Morgan fingerprint density at radius 3 is 2.57 bits per heavy atom. The molecular weight excluding hydrogens is 310 g/mol. The van der Waals surface area contributed by atoms with Crippen molar-refractivity contribution in [3.63, 3.8) is 0 Å². The van der Waals surface area contributed by atoms with Gasteiger partial charge in [-0.1, -0.05) is 20.8 Å². The zero-order chi connectivity index (χ0) is 16.0. The van der Waals surface area contributed by atoms with Crippen LogP contribution in [0.4, 0.5) is 5.00 Å². The van der Waals surface area contributed by atoms with Crippen molar-refractivity contribution in [3.05, 3.63) is 16.5 Å². The van der Waals surface area contributed by atoms with E-state index >= 15 is 0 Å². The zero-order valence-corrected chi connectivity index (χ0v) is 14.6. The van der Waals surface area contributed by atoms with Crippen molar-refractivity contribution >= 4 is 32.3 Å². The van der Waals surface area contributed by atoms with Crippen molar-refractivity contribution < 1.29 is 17.9 Å². The number of ether oxygens (including phenoxy) is 1. The molecule has 0 saturated carbocycles. The van der Waals surface area contributed by atoms with Gasteiger partial charge in [-0.05, 0) is 31.7 Å². The van der Waals surface area contributed by atoms with E-state index in [1.807, 2.05) is 20.8 Å². The number of thiophene rings is 1. The van der Waals surface area contributed by atoms with Gasteiger partial charge in [0.25, 0.3) is 0 Å². The van der Waals surface area contributed by atoms with Crippen molar-refractivity contribution in [3.8, 4) is 0 Å². The number of sulfonamides is 1. The minimum Gasteiger partial charge on any atom is -0.462 e. The Balaban J connectivity index is 2.96. The lowest BCUT2D eigenvalue weighted by Gasteiger charge is -2.09. The maximum Gasteiger partial charge on any atom is 0.341 e. The molecule has 0 amide bonds. The highest BCUT2D eigenvalue weighted by Gasteiger charge is 2.21. The van der Waals surface area contributed by atoms with Gasteiger partial charge in [0.1, 0.15) is 5.00 Å². The van der Waals surface area contributed by atoms with E-state index in [4.69, 9.17) is 4.74 Å². The van der Waals surface area contributed by atoms with E-state index in [1.54, 1.807) is 13.0 Å². The lowest BCUT2D eigenvalue weighted by molar-refractivity contribution is 0.0528. The zero-order valence-electron chi connectivity index (χ0n) is 12.9. The van der Waals surface area contributed by atoms with E-state index in [0.717, 1.165) is 11.3 Å². The summed E-state index contributed by atoms with van der Waals surface area (Å²) in [6, 6.07) is 1.70. The number of anilines is 1. The largest absolute Gasteiger partial charge is 0.462 e. The minimum absolute atomic E-state index is 0.0479. The molecule has 120 valence electrons. The number of nitrogens with one attached hydrogen (secondary N) is 1. The molecule has 0 unspecified atom stereocenters. The second-order valence-corrected chi connectivity index (χ2v) is 8.11. The van der Waals surface area contributed by atoms with E-state index in [0.29, 0.717) is 22.9 Å². The van der Waals surface area contributed by atoms with Gasteiger partial charge in [0, 0.05) is 4.88 Å². The lowest BCUT2D eigenvalue weighted by Crippen LogP contribution is -2.19. The minimum atomic E-state index is -3.44. The molecule has 0 spiro atoms. The Hall–Kier alpha value is -1.08. The Morgan fingerprint density at radius 1 is 1.38 bits per heavy atom. The van der Waals surface area contributed by atoms with Crippen molar-refractivity contribution in [2.24, 2.45) is 5.92 Å². The first kappa shape index (κ1) is 18.0. The monoisotopic (exact) mass is 333 g/mol. The molecule has 21 heavy (non-hydrogen) atoms. The van der Waals surface area contributed by atoms with E-state index in [1.165, 1.54) is 11.3 Å². The van der Waals surface area contributed by atoms with Gasteiger partial charge in [-0.2, -0.15) is 0 Å². The number of aryl methyl sites for hydroxylation is 1. The summed E-state index contributed by atoms with van der Waals surface area (Å²) in [7, 11) is -3.44. The van der Waals surface area contributed by atoms with E-state index in [9.17, 15) is 13.2 Å². The SMILES string of the molecule is CCOC(=O)c1cc(CC)sc1NS(=O)(=O)CCC(C)C. The second-order valence-electron chi connectivity index (χ2n) is 5.13. The predicted octanol–water partition coefficient (Wildman–Crippen LogP) is 3.28. The van der Waals surface area contributed by atoms with Gasteiger partial charge >= 0.3 is 5.97 Å². The molecule has 0 radical (unpaired) electrons. The molecule has 0 aliphatic heterocycles. The van der Waals surface area contributed by atoms with Crippen LogP contribution in [0.25, 0.3) is 0 Å². The summed E-state index contributed by atoms with van der Waals surface area (Å²) in [5, 5.41) is 0.356. The number of carbonyl (C=O) groups excluding carboxylic acids is 1. The van der Waals surface area contributed by atoms with Crippen LogP contribution in [0, 0.1) is 5.92 Å². The molecule has 1 aromatic rings. The molecular formula is C14H23NO4S2. The van der Waals surface area contributed by atoms with Gasteiger partial charge in [0.05, 0.1) is 17.9 Å². The summed E-state index contributed by atoms with van der Waals surface area (Å²) in [6.07, 6.45) is 1.32. The molecule has 1 aromatic heterocycles.